The molecule has 4 heteroatoms. The number of benzene rings is 5. The predicted octanol–water partition coefficient (Wildman–Crippen LogP) is 10.3. The fraction of sp³-hybridized carbons (Fsp3) is 0. The average Bonchev–Trinajstić information content (AvgIpc) is 3.46. The van der Waals surface area contributed by atoms with Crippen molar-refractivity contribution in [3.63, 3.8) is 0 Å². The maximum atomic E-state index is 5.15. The summed E-state index contributed by atoms with van der Waals surface area (Å²) >= 11 is 0. The Balaban J connectivity index is 1.23. The van der Waals surface area contributed by atoms with E-state index >= 15 is 0 Å². The van der Waals surface area contributed by atoms with Crippen LogP contribution in [-0.4, -0.2) is 19.5 Å². The van der Waals surface area contributed by atoms with Gasteiger partial charge in [-0.25, -0.2) is 4.98 Å². The van der Waals surface area contributed by atoms with Gasteiger partial charge in [-0.3, -0.25) is 9.97 Å². The lowest BCUT2D eigenvalue weighted by atomic mass is 9.92. The number of fused-ring (bicyclic) bond motifs is 6. The highest BCUT2D eigenvalue weighted by Gasteiger charge is 2.15. The van der Waals surface area contributed by atoms with Gasteiger partial charge in [-0.05, 0) is 87.3 Å². The Bertz CT molecular complexity index is 2480. The van der Waals surface area contributed by atoms with Crippen molar-refractivity contribution < 1.29 is 0 Å². The van der Waals surface area contributed by atoms with E-state index in [0.717, 1.165) is 44.9 Å². The summed E-state index contributed by atoms with van der Waals surface area (Å²) in [6, 6.07) is 49.2. The van der Waals surface area contributed by atoms with Gasteiger partial charge in [0, 0.05) is 34.4 Å². The fourth-order valence-corrected chi connectivity index (χ4v) is 6.65. The largest absolute Gasteiger partial charge is 0.308 e. The molecule has 4 nitrogen and oxygen atoms in total. The topological polar surface area (TPSA) is 43.6 Å². The summed E-state index contributed by atoms with van der Waals surface area (Å²) in [6.45, 7) is 0. The third-order valence-electron chi connectivity index (χ3n) is 8.73. The Morgan fingerprint density at radius 2 is 1.16 bits per heavy atom. The highest BCUT2D eigenvalue weighted by molar-refractivity contribution is 6.14. The zero-order chi connectivity index (χ0) is 29.7. The highest BCUT2D eigenvalue weighted by atomic mass is 15.0. The first-order valence-corrected chi connectivity index (χ1v) is 15.1. The van der Waals surface area contributed by atoms with Gasteiger partial charge in [0.2, 0.25) is 0 Å². The lowest BCUT2D eigenvalue weighted by Crippen LogP contribution is -1.96. The monoisotopic (exact) mass is 574 g/mol. The quantitative estimate of drug-likeness (QED) is 0.196. The van der Waals surface area contributed by atoms with Crippen molar-refractivity contribution in [1.82, 2.24) is 19.5 Å². The second-order valence-electron chi connectivity index (χ2n) is 11.3. The van der Waals surface area contributed by atoms with Gasteiger partial charge in [0.05, 0.1) is 34.3 Å². The molecule has 0 aliphatic carbocycles. The third-order valence-corrected chi connectivity index (χ3v) is 8.73. The van der Waals surface area contributed by atoms with Gasteiger partial charge < -0.3 is 4.57 Å². The van der Waals surface area contributed by atoms with Crippen molar-refractivity contribution in [2.75, 3.05) is 0 Å². The Kier molecular flexibility index (Phi) is 5.78. The molecule has 4 aromatic heterocycles. The molecule has 0 saturated carbocycles. The van der Waals surface area contributed by atoms with Gasteiger partial charge in [0.15, 0.2) is 0 Å². The van der Waals surface area contributed by atoms with E-state index in [1.807, 2.05) is 36.8 Å². The second kappa shape index (κ2) is 10.2. The molecule has 9 aromatic rings. The van der Waals surface area contributed by atoms with Crippen LogP contribution in [0.15, 0.2) is 158 Å². The molecule has 5 aromatic carbocycles. The van der Waals surface area contributed by atoms with E-state index in [-0.39, 0.29) is 0 Å². The summed E-state index contributed by atoms with van der Waals surface area (Å²) in [6.07, 6.45) is 5.63. The molecule has 0 unspecified atom stereocenters. The number of nitrogens with zero attached hydrogens (tertiary/aromatic N) is 4. The average molecular weight is 575 g/mol. The smallest absolute Gasteiger partial charge is 0.0899 e. The second-order valence-corrected chi connectivity index (χ2v) is 11.3. The van der Waals surface area contributed by atoms with Gasteiger partial charge in [0.1, 0.15) is 0 Å². The predicted molar refractivity (Wildman–Crippen MR) is 185 cm³/mol. The summed E-state index contributed by atoms with van der Waals surface area (Å²) in [4.78, 5) is 14.3. The third kappa shape index (κ3) is 4.19. The van der Waals surface area contributed by atoms with Crippen LogP contribution in [0.2, 0.25) is 0 Å². The Hall–Kier alpha value is -6.13. The van der Waals surface area contributed by atoms with Gasteiger partial charge >= 0.3 is 0 Å². The van der Waals surface area contributed by atoms with Crippen LogP contribution >= 0.6 is 0 Å². The van der Waals surface area contributed by atoms with Crippen molar-refractivity contribution in [2.24, 2.45) is 0 Å². The Labute approximate surface area is 259 Å². The molecule has 9 rings (SSSR count). The number of para-hydroxylation sites is 1. The number of aromatic nitrogens is 4. The first kappa shape index (κ1) is 25.4. The molecule has 0 N–H and O–H groups in total. The first-order valence-electron chi connectivity index (χ1n) is 15.1. The van der Waals surface area contributed by atoms with Crippen LogP contribution in [0.25, 0.3) is 82.8 Å². The van der Waals surface area contributed by atoms with Gasteiger partial charge in [0.25, 0.3) is 0 Å². The lowest BCUT2D eigenvalue weighted by Gasteiger charge is -2.14. The van der Waals surface area contributed by atoms with E-state index in [9.17, 15) is 0 Å². The van der Waals surface area contributed by atoms with Crippen LogP contribution in [0.3, 0.4) is 0 Å². The normalized spacial score (nSPS) is 11.6. The number of pyridine rings is 3. The van der Waals surface area contributed by atoms with Gasteiger partial charge in [-0.1, -0.05) is 84.9 Å². The standard InChI is InChI=1S/C41H26N4/c1-2-10-31-28(9-1)23-36(33-12-4-3-11-32(31)33)29-24-38(44-39(25-29)37-14-7-8-21-43-37)27-16-18-30(19-17-27)45-40-15-6-5-13-34(40)35-20-22-42-26-41(35)45/h1-26H. The van der Waals surface area contributed by atoms with Crippen LogP contribution in [0.4, 0.5) is 0 Å². The zero-order valence-electron chi connectivity index (χ0n) is 24.3. The molecular weight excluding hydrogens is 548 g/mol. The molecule has 0 saturated heterocycles. The molecular formula is C41H26N4. The van der Waals surface area contributed by atoms with Crippen molar-refractivity contribution in [3.8, 4) is 39.5 Å². The number of hydrogen-bond donors (Lipinski definition) is 0. The number of rotatable bonds is 4. The van der Waals surface area contributed by atoms with E-state index < -0.39 is 0 Å². The lowest BCUT2D eigenvalue weighted by molar-refractivity contribution is 1.16. The summed E-state index contributed by atoms with van der Waals surface area (Å²) in [7, 11) is 0. The minimum absolute atomic E-state index is 0.845. The SMILES string of the molecule is c1ccc(-c2cc(-c3cc4ccccc4c4ccccc34)cc(-c3ccc(-n4c5ccccc5c5ccncc54)cc3)n2)nc1. The number of hydrogen-bond acceptors (Lipinski definition) is 3. The van der Waals surface area contributed by atoms with Gasteiger partial charge in [-0.2, -0.15) is 0 Å². The van der Waals surface area contributed by atoms with E-state index in [2.05, 4.69) is 136 Å². The maximum Gasteiger partial charge on any atom is 0.0899 e. The minimum Gasteiger partial charge on any atom is -0.308 e. The Morgan fingerprint density at radius 3 is 2.00 bits per heavy atom. The molecule has 0 bridgehead atoms. The molecule has 4 heterocycles. The summed E-state index contributed by atoms with van der Waals surface area (Å²) in [5, 5.41) is 7.35. The molecule has 0 radical (unpaired) electrons. The Morgan fingerprint density at radius 1 is 0.444 bits per heavy atom. The van der Waals surface area contributed by atoms with Crippen LogP contribution in [0.1, 0.15) is 0 Å². The van der Waals surface area contributed by atoms with Crippen molar-refractivity contribution in [2.45, 2.75) is 0 Å². The van der Waals surface area contributed by atoms with Crippen LogP contribution in [0.5, 0.6) is 0 Å². The summed E-state index contributed by atoms with van der Waals surface area (Å²) in [5.74, 6) is 0. The summed E-state index contributed by atoms with van der Waals surface area (Å²) < 4.78 is 2.28. The molecule has 0 aliphatic heterocycles. The van der Waals surface area contributed by atoms with Crippen molar-refractivity contribution in [1.29, 1.82) is 0 Å². The maximum absolute atomic E-state index is 5.15. The van der Waals surface area contributed by atoms with Crippen molar-refractivity contribution >= 4 is 43.4 Å². The van der Waals surface area contributed by atoms with E-state index in [4.69, 9.17) is 4.98 Å². The highest BCUT2D eigenvalue weighted by Crippen LogP contribution is 2.38. The van der Waals surface area contributed by atoms with Crippen LogP contribution in [-0.2, 0) is 0 Å². The molecule has 0 atom stereocenters. The van der Waals surface area contributed by atoms with E-state index in [1.54, 1.807) is 0 Å². The fourth-order valence-electron chi connectivity index (χ4n) is 6.65. The van der Waals surface area contributed by atoms with Gasteiger partial charge in [-0.15, -0.1) is 0 Å². The molecule has 0 aliphatic rings. The molecule has 45 heavy (non-hydrogen) atoms. The zero-order valence-corrected chi connectivity index (χ0v) is 24.3. The molecule has 210 valence electrons. The van der Waals surface area contributed by atoms with E-state index in [1.165, 1.54) is 37.9 Å². The van der Waals surface area contributed by atoms with E-state index in [0.29, 0.717) is 0 Å². The van der Waals surface area contributed by atoms with Crippen molar-refractivity contribution in [3.05, 3.63) is 158 Å². The minimum atomic E-state index is 0.845. The molecule has 0 amide bonds. The van der Waals surface area contributed by atoms with Crippen LogP contribution < -0.4 is 0 Å². The first-order chi connectivity index (χ1) is 22.3. The van der Waals surface area contributed by atoms with Crippen LogP contribution in [0, 0.1) is 0 Å². The molecule has 0 spiro atoms. The summed E-state index contributed by atoms with van der Waals surface area (Å²) in [5.41, 5.74) is 9.26. The molecule has 0 fully saturated rings.